The molecular formula is CH6MgO2. The van der Waals surface area contributed by atoms with Gasteiger partial charge < -0.3 is 10.2 Å². The van der Waals surface area contributed by atoms with E-state index in [1.54, 1.807) is 0 Å². The Balaban J connectivity index is 0. The summed E-state index contributed by atoms with van der Waals surface area (Å²) in [5.41, 5.74) is 0. The number of aliphatic hydroxyl groups excluding tert-OH is 1. The number of aliphatic hydroxyl groups is 2. The summed E-state index contributed by atoms with van der Waals surface area (Å²) in [5.74, 6) is 0. The zero-order chi connectivity index (χ0) is 2.71. The van der Waals surface area contributed by atoms with E-state index < -0.39 is 6.79 Å². The van der Waals surface area contributed by atoms with Gasteiger partial charge in [0.2, 0.25) is 0 Å². The van der Waals surface area contributed by atoms with Gasteiger partial charge in [0.15, 0.2) is 0 Å². The van der Waals surface area contributed by atoms with Crippen molar-refractivity contribution in [2.75, 3.05) is 6.79 Å². The maximum Gasteiger partial charge on any atom is 0.316 e. The third kappa shape index (κ3) is 16.2. The Labute approximate surface area is 40.6 Å². The molecule has 0 saturated carbocycles. The van der Waals surface area contributed by atoms with Crippen molar-refractivity contribution >= 4 is 23.1 Å². The lowest BCUT2D eigenvalue weighted by molar-refractivity contribution is 0.0773. The van der Waals surface area contributed by atoms with Crippen molar-refractivity contribution < 1.29 is 10.2 Å². The van der Waals surface area contributed by atoms with E-state index >= 15 is 0 Å². The molecule has 0 radical (unpaired) electrons. The summed E-state index contributed by atoms with van der Waals surface area (Å²) in [6.45, 7) is -0.750. The maximum atomic E-state index is 7.12. The molecule has 0 atom stereocenters. The average Bonchev–Trinajstić information content (AvgIpc) is 0.918. The first kappa shape index (κ1) is 8.82. The van der Waals surface area contributed by atoms with E-state index in [1.807, 2.05) is 0 Å². The van der Waals surface area contributed by atoms with Crippen LogP contribution in [0.1, 0.15) is 0 Å². The van der Waals surface area contributed by atoms with Crippen LogP contribution in [0.25, 0.3) is 0 Å². The smallest absolute Gasteiger partial charge is 0.316 e. The van der Waals surface area contributed by atoms with Gasteiger partial charge in [-0.1, -0.05) is 0 Å². The molecule has 0 aliphatic heterocycles. The van der Waals surface area contributed by atoms with Gasteiger partial charge in [0.25, 0.3) is 0 Å². The molecule has 24 valence electrons. The van der Waals surface area contributed by atoms with Crippen molar-refractivity contribution in [2.45, 2.75) is 0 Å². The third-order valence-electron chi connectivity index (χ3n) is 0. The quantitative estimate of drug-likeness (QED) is 0.258. The fourth-order valence-corrected chi connectivity index (χ4v) is 0. The molecule has 2 nitrogen and oxygen atoms in total. The minimum absolute atomic E-state index is 0. The van der Waals surface area contributed by atoms with Crippen molar-refractivity contribution in [1.29, 1.82) is 0 Å². The molecule has 4 heavy (non-hydrogen) atoms. The Hall–Kier alpha value is 0.686. The zero-order valence-corrected chi connectivity index (χ0v) is 1.60. The molecule has 0 bridgehead atoms. The molecule has 0 aromatic rings. The number of hydrogen-bond acceptors (Lipinski definition) is 2. The second-order valence-electron chi connectivity index (χ2n) is 0.141. The standard InChI is InChI=1S/CH4O2.Mg.2H/c2-1-3;;;/h2-3H,1H2;;;. The van der Waals surface area contributed by atoms with Crippen molar-refractivity contribution in [1.82, 2.24) is 0 Å². The maximum absolute atomic E-state index is 7.12. The van der Waals surface area contributed by atoms with Crippen molar-refractivity contribution in [3.63, 3.8) is 0 Å². The largest absolute Gasteiger partial charge is 0.371 e. The zero-order valence-electron chi connectivity index (χ0n) is 1.60. The fourth-order valence-electron chi connectivity index (χ4n) is 0. The van der Waals surface area contributed by atoms with Crippen LogP contribution in [0.5, 0.6) is 0 Å². The summed E-state index contributed by atoms with van der Waals surface area (Å²) < 4.78 is 0. The second-order valence-corrected chi connectivity index (χ2v) is 0.141. The summed E-state index contributed by atoms with van der Waals surface area (Å²) in [5, 5.41) is 14.2. The Bertz CT molecular complexity index is 6.00. The summed E-state index contributed by atoms with van der Waals surface area (Å²) >= 11 is 0. The normalized spacial score (nSPS) is 4.50. The molecule has 0 spiro atoms. The minimum atomic E-state index is -0.750. The fraction of sp³-hybridized carbons (Fsp3) is 1.00. The highest BCUT2D eigenvalue weighted by molar-refractivity contribution is 5.75. The summed E-state index contributed by atoms with van der Waals surface area (Å²) in [7, 11) is 0. The van der Waals surface area contributed by atoms with Gasteiger partial charge >= 0.3 is 23.1 Å². The van der Waals surface area contributed by atoms with Crippen LogP contribution in [0.3, 0.4) is 0 Å². The van der Waals surface area contributed by atoms with E-state index in [2.05, 4.69) is 0 Å². The van der Waals surface area contributed by atoms with Gasteiger partial charge in [-0.05, 0) is 0 Å². The number of hydrogen-bond donors (Lipinski definition) is 2. The first-order chi connectivity index (χ1) is 1.41. The molecule has 0 aliphatic rings. The molecule has 0 amide bonds. The SMILES string of the molecule is OCO.[MgH2]. The topological polar surface area (TPSA) is 40.5 Å². The lowest BCUT2D eigenvalue weighted by Crippen LogP contribution is -1.66. The van der Waals surface area contributed by atoms with E-state index in [9.17, 15) is 0 Å². The Kier molecular flexibility index (Phi) is 20.6. The molecule has 0 fully saturated rings. The highest BCUT2D eigenvalue weighted by Crippen LogP contribution is 1.17. The van der Waals surface area contributed by atoms with Gasteiger partial charge in [-0.15, -0.1) is 0 Å². The summed E-state index contributed by atoms with van der Waals surface area (Å²) in [6, 6.07) is 0. The predicted molar refractivity (Wildman–Crippen MR) is 17.8 cm³/mol. The van der Waals surface area contributed by atoms with Gasteiger partial charge in [0, 0.05) is 0 Å². The Morgan fingerprint density at radius 3 is 1.25 bits per heavy atom. The van der Waals surface area contributed by atoms with E-state index in [4.69, 9.17) is 10.2 Å². The first-order valence-corrected chi connectivity index (χ1v) is 0.632. The molecule has 0 saturated heterocycles. The van der Waals surface area contributed by atoms with Crippen LogP contribution in [0.4, 0.5) is 0 Å². The molecule has 0 aliphatic carbocycles. The lowest BCUT2D eigenvalue weighted by atomic mass is 11.6. The van der Waals surface area contributed by atoms with Crippen LogP contribution in [0.2, 0.25) is 0 Å². The summed E-state index contributed by atoms with van der Waals surface area (Å²) in [6.07, 6.45) is 0. The van der Waals surface area contributed by atoms with E-state index in [0.717, 1.165) is 0 Å². The van der Waals surface area contributed by atoms with Crippen molar-refractivity contribution in [3.05, 3.63) is 0 Å². The minimum Gasteiger partial charge on any atom is -0.371 e. The molecule has 0 aromatic carbocycles. The molecule has 3 heteroatoms. The summed E-state index contributed by atoms with van der Waals surface area (Å²) in [4.78, 5) is 0. The monoisotopic (exact) mass is 74.0 g/mol. The van der Waals surface area contributed by atoms with E-state index in [-0.39, 0.29) is 23.1 Å². The average molecular weight is 74.4 g/mol. The Morgan fingerprint density at radius 2 is 1.25 bits per heavy atom. The molecule has 0 rings (SSSR count). The van der Waals surface area contributed by atoms with Gasteiger partial charge in [-0.2, -0.15) is 0 Å². The van der Waals surface area contributed by atoms with Gasteiger partial charge in [0.1, 0.15) is 6.79 Å². The number of rotatable bonds is 0. The Morgan fingerprint density at radius 1 is 1.25 bits per heavy atom. The van der Waals surface area contributed by atoms with Crippen LogP contribution in [0.15, 0.2) is 0 Å². The van der Waals surface area contributed by atoms with Crippen LogP contribution in [0, 0.1) is 0 Å². The van der Waals surface area contributed by atoms with Crippen molar-refractivity contribution in [3.8, 4) is 0 Å². The van der Waals surface area contributed by atoms with Gasteiger partial charge in [-0.3, -0.25) is 0 Å². The van der Waals surface area contributed by atoms with Crippen LogP contribution in [-0.2, 0) is 0 Å². The highest BCUT2D eigenvalue weighted by atomic mass is 24.3. The first-order valence-electron chi connectivity index (χ1n) is 0.632. The van der Waals surface area contributed by atoms with Crippen LogP contribution < -0.4 is 0 Å². The van der Waals surface area contributed by atoms with Crippen LogP contribution >= 0.6 is 0 Å². The third-order valence-corrected chi connectivity index (χ3v) is 0. The molecule has 0 aromatic heterocycles. The molecule has 0 heterocycles. The van der Waals surface area contributed by atoms with Crippen molar-refractivity contribution in [2.24, 2.45) is 0 Å². The van der Waals surface area contributed by atoms with Gasteiger partial charge in [-0.25, -0.2) is 0 Å². The molecular weight excluding hydrogens is 68.3 g/mol. The highest BCUT2D eigenvalue weighted by Gasteiger charge is 1.32. The van der Waals surface area contributed by atoms with E-state index in [0.29, 0.717) is 0 Å². The molecule has 0 unspecified atom stereocenters. The van der Waals surface area contributed by atoms with E-state index in [1.165, 1.54) is 0 Å². The van der Waals surface area contributed by atoms with Crippen LogP contribution in [-0.4, -0.2) is 40.1 Å². The predicted octanol–water partition coefficient (Wildman–Crippen LogP) is -1.99. The molecule has 2 N–H and O–H groups in total. The lowest BCUT2D eigenvalue weighted by Gasteiger charge is -1.55. The van der Waals surface area contributed by atoms with Gasteiger partial charge in [0.05, 0.1) is 0 Å². The second kappa shape index (κ2) is 9.35.